The van der Waals surface area contributed by atoms with Crippen LogP contribution in [0.5, 0.6) is 0 Å². The van der Waals surface area contributed by atoms with Gasteiger partial charge in [0.15, 0.2) is 11.6 Å². The Morgan fingerprint density at radius 1 is 1.39 bits per heavy atom. The topological polar surface area (TPSA) is 81.7 Å². The number of aromatic nitrogens is 5. The summed E-state index contributed by atoms with van der Waals surface area (Å²) in [6.07, 6.45) is 2.17. The molecule has 1 aliphatic rings. The maximum Gasteiger partial charge on any atom is 0.321 e. The summed E-state index contributed by atoms with van der Waals surface area (Å²) in [6.45, 7) is 5.62. The van der Waals surface area contributed by atoms with E-state index in [1.807, 2.05) is 13.8 Å². The van der Waals surface area contributed by atoms with Gasteiger partial charge in [-0.2, -0.15) is 4.98 Å². The Balaban J connectivity index is 1.66. The van der Waals surface area contributed by atoms with Gasteiger partial charge in [0.2, 0.25) is 0 Å². The van der Waals surface area contributed by atoms with Crippen LogP contribution >= 0.6 is 0 Å². The van der Waals surface area contributed by atoms with Gasteiger partial charge in [-0.05, 0) is 6.42 Å². The van der Waals surface area contributed by atoms with Crippen molar-refractivity contribution in [2.75, 3.05) is 5.32 Å². The van der Waals surface area contributed by atoms with E-state index in [1.54, 1.807) is 0 Å². The number of hydrogen-bond donors (Lipinski definition) is 1. The molecule has 1 N–H and O–H groups in total. The highest BCUT2D eigenvalue weighted by molar-refractivity contribution is 5.20. The van der Waals surface area contributed by atoms with Gasteiger partial charge < -0.3 is 14.4 Å². The molecule has 0 spiro atoms. The van der Waals surface area contributed by atoms with Gasteiger partial charge in [0.25, 0.3) is 0 Å². The minimum atomic E-state index is 0.265. The Kier molecular flexibility index (Phi) is 2.73. The molecule has 0 aromatic carbocycles. The van der Waals surface area contributed by atoms with Crippen molar-refractivity contribution in [3.63, 3.8) is 0 Å². The molecule has 0 amide bonds. The lowest BCUT2D eigenvalue weighted by Gasteiger charge is -2.02. The molecule has 0 saturated carbocycles. The molecular weight excluding hydrogens is 232 g/mol. The standard InChI is InChI=1S/C11H16N6O/c1-7(2)10-13-11(18-16-10)12-6-9-15-14-8-4-3-5-17(8)9/h7H,3-6H2,1-2H3,(H,12,13,16). The minimum Gasteiger partial charge on any atom is -0.330 e. The Morgan fingerprint density at radius 3 is 3.06 bits per heavy atom. The molecular formula is C11H16N6O. The highest BCUT2D eigenvalue weighted by Gasteiger charge is 2.17. The van der Waals surface area contributed by atoms with Crippen molar-refractivity contribution in [3.05, 3.63) is 17.5 Å². The molecule has 7 heteroatoms. The normalized spacial score (nSPS) is 14.2. The second kappa shape index (κ2) is 4.40. The van der Waals surface area contributed by atoms with Gasteiger partial charge in [-0.15, -0.1) is 10.2 Å². The van der Waals surface area contributed by atoms with E-state index in [2.05, 4.69) is 30.2 Å². The van der Waals surface area contributed by atoms with Gasteiger partial charge in [-0.1, -0.05) is 19.0 Å². The van der Waals surface area contributed by atoms with Crippen molar-refractivity contribution in [1.82, 2.24) is 24.9 Å². The number of anilines is 1. The van der Waals surface area contributed by atoms with Crippen molar-refractivity contribution in [1.29, 1.82) is 0 Å². The average Bonchev–Trinajstić information content (AvgIpc) is 3.03. The lowest BCUT2D eigenvalue weighted by Crippen LogP contribution is -2.07. The minimum absolute atomic E-state index is 0.265. The summed E-state index contributed by atoms with van der Waals surface area (Å²) >= 11 is 0. The number of rotatable bonds is 4. The number of hydrogen-bond acceptors (Lipinski definition) is 6. The predicted molar refractivity (Wildman–Crippen MR) is 64.1 cm³/mol. The van der Waals surface area contributed by atoms with E-state index in [0.29, 0.717) is 18.4 Å². The number of fused-ring (bicyclic) bond motifs is 1. The fraction of sp³-hybridized carbons (Fsp3) is 0.636. The molecule has 0 fully saturated rings. The quantitative estimate of drug-likeness (QED) is 0.879. The van der Waals surface area contributed by atoms with Gasteiger partial charge >= 0.3 is 6.01 Å². The van der Waals surface area contributed by atoms with Crippen LogP contribution in [0, 0.1) is 0 Å². The highest BCUT2D eigenvalue weighted by Crippen LogP contribution is 2.16. The van der Waals surface area contributed by atoms with Crippen molar-refractivity contribution in [3.8, 4) is 0 Å². The van der Waals surface area contributed by atoms with Crippen LogP contribution < -0.4 is 5.32 Å². The molecule has 0 aliphatic carbocycles. The first kappa shape index (κ1) is 11.2. The lowest BCUT2D eigenvalue weighted by atomic mass is 10.2. The van der Waals surface area contributed by atoms with E-state index < -0.39 is 0 Å². The molecule has 96 valence electrons. The van der Waals surface area contributed by atoms with E-state index in [1.165, 1.54) is 0 Å². The van der Waals surface area contributed by atoms with E-state index in [4.69, 9.17) is 4.52 Å². The molecule has 0 bridgehead atoms. The van der Waals surface area contributed by atoms with Gasteiger partial charge in [-0.3, -0.25) is 0 Å². The van der Waals surface area contributed by atoms with Crippen LogP contribution in [-0.2, 0) is 19.5 Å². The van der Waals surface area contributed by atoms with Crippen LogP contribution in [0.15, 0.2) is 4.52 Å². The van der Waals surface area contributed by atoms with Crippen molar-refractivity contribution in [2.45, 2.75) is 45.7 Å². The molecule has 0 radical (unpaired) electrons. The summed E-state index contributed by atoms with van der Waals surface area (Å²) in [5.41, 5.74) is 0. The molecule has 3 heterocycles. The van der Waals surface area contributed by atoms with Crippen LogP contribution in [0.1, 0.15) is 43.7 Å². The Hall–Kier alpha value is -1.92. The van der Waals surface area contributed by atoms with Gasteiger partial charge in [-0.25, -0.2) is 0 Å². The molecule has 2 aromatic heterocycles. The second-order valence-electron chi connectivity index (χ2n) is 4.75. The summed E-state index contributed by atoms with van der Waals surface area (Å²) in [5, 5.41) is 15.3. The number of nitrogens with one attached hydrogen (secondary N) is 1. The van der Waals surface area contributed by atoms with E-state index in [0.717, 1.165) is 31.0 Å². The average molecular weight is 248 g/mol. The largest absolute Gasteiger partial charge is 0.330 e. The fourth-order valence-corrected chi connectivity index (χ4v) is 2.04. The Bertz CT molecular complexity index is 543. The van der Waals surface area contributed by atoms with Crippen LogP contribution in [-0.4, -0.2) is 24.9 Å². The van der Waals surface area contributed by atoms with Crippen molar-refractivity contribution in [2.24, 2.45) is 0 Å². The summed E-state index contributed by atoms with van der Waals surface area (Å²) in [5.74, 6) is 2.97. The maximum absolute atomic E-state index is 5.11. The molecule has 0 unspecified atom stereocenters. The zero-order chi connectivity index (χ0) is 12.5. The molecule has 1 aliphatic heterocycles. The smallest absolute Gasteiger partial charge is 0.321 e. The Labute approximate surface area is 105 Å². The zero-order valence-electron chi connectivity index (χ0n) is 10.6. The summed E-state index contributed by atoms with van der Waals surface area (Å²) in [6, 6.07) is 0.439. The summed E-state index contributed by atoms with van der Waals surface area (Å²) in [7, 11) is 0. The second-order valence-corrected chi connectivity index (χ2v) is 4.75. The molecule has 0 saturated heterocycles. The first-order chi connectivity index (χ1) is 8.74. The lowest BCUT2D eigenvalue weighted by molar-refractivity contribution is 0.418. The fourth-order valence-electron chi connectivity index (χ4n) is 2.04. The SMILES string of the molecule is CC(C)c1noc(NCc2nnc3n2CCC3)n1. The molecule has 0 atom stereocenters. The Morgan fingerprint density at radius 2 is 2.28 bits per heavy atom. The van der Waals surface area contributed by atoms with E-state index >= 15 is 0 Å². The first-order valence-corrected chi connectivity index (χ1v) is 6.22. The maximum atomic E-state index is 5.11. The molecule has 7 nitrogen and oxygen atoms in total. The molecule has 3 rings (SSSR count). The zero-order valence-corrected chi connectivity index (χ0v) is 10.6. The van der Waals surface area contributed by atoms with Crippen LogP contribution in [0.4, 0.5) is 6.01 Å². The van der Waals surface area contributed by atoms with E-state index in [-0.39, 0.29) is 5.92 Å². The molecule has 18 heavy (non-hydrogen) atoms. The molecule has 2 aromatic rings. The third-order valence-corrected chi connectivity index (χ3v) is 3.04. The van der Waals surface area contributed by atoms with Gasteiger partial charge in [0.05, 0.1) is 6.54 Å². The number of nitrogens with zero attached hydrogens (tertiary/aromatic N) is 5. The monoisotopic (exact) mass is 248 g/mol. The predicted octanol–water partition coefficient (Wildman–Crippen LogP) is 1.34. The van der Waals surface area contributed by atoms with Crippen molar-refractivity contribution >= 4 is 6.01 Å². The highest BCUT2D eigenvalue weighted by atomic mass is 16.5. The van der Waals surface area contributed by atoms with Gasteiger partial charge in [0.1, 0.15) is 5.82 Å². The first-order valence-electron chi connectivity index (χ1n) is 6.22. The van der Waals surface area contributed by atoms with Gasteiger partial charge in [0, 0.05) is 18.9 Å². The van der Waals surface area contributed by atoms with Crippen molar-refractivity contribution < 1.29 is 4.52 Å². The summed E-state index contributed by atoms with van der Waals surface area (Å²) in [4.78, 5) is 4.26. The third kappa shape index (κ3) is 1.96. The third-order valence-electron chi connectivity index (χ3n) is 3.04. The van der Waals surface area contributed by atoms with Crippen LogP contribution in [0.2, 0.25) is 0 Å². The van der Waals surface area contributed by atoms with Crippen LogP contribution in [0.3, 0.4) is 0 Å². The number of aryl methyl sites for hydroxylation is 1. The van der Waals surface area contributed by atoms with E-state index in [9.17, 15) is 0 Å². The van der Waals surface area contributed by atoms with Crippen LogP contribution in [0.25, 0.3) is 0 Å². The summed E-state index contributed by atoms with van der Waals surface area (Å²) < 4.78 is 7.26.